The third-order valence-electron chi connectivity index (χ3n) is 6.17. The zero-order chi connectivity index (χ0) is 28.9. The van der Waals surface area contributed by atoms with Gasteiger partial charge in [0.15, 0.2) is 0 Å². The fourth-order valence-corrected chi connectivity index (χ4v) is 5.00. The van der Waals surface area contributed by atoms with Crippen molar-refractivity contribution in [1.82, 2.24) is 4.90 Å². The van der Waals surface area contributed by atoms with Crippen LogP contribution in [0, 0.1) is 6.92 Å². The second-order valence-corrected chi connectivity index (χ2v) is 11.5. The second-order valence-electron chi connectivity index (χ2n) is 9.30. The van der Waals surface area contributed by atoms with Crippen LogP contribution in [0.4, 0.5) is 38.0 Å². The van der Waals surface area contributed by atoms with E-state index in [9.17, 15) is 18.0 Å². The van der Waals surface area contributed by atoms with Crippen LogP contribution < -0.4 is 30.3 Å². The summed E-state index contributed by atoms with van der Waals surface area (Å²) in [5.74, 6) is 0.576. The van der Waals surface area contributed by atoms with E-state index < -0.39 is 10.0 Å². The van der Waals surface area contributed by atoms with Gasteiger partial charge in [-0.3, -0.25) is 4.72 Å². The monoisotopic (exact) mass is 586 g/mol. The van der Waals surface area contributed by atoms with E-state index in [0.29, 0.717) is 54.7 Å². The van der Waals surface area contributed by atoms with E-state index in [1.807, 2.05) is 43.3 Å². The van der Waals surface area contributed by atoms with Crippen LogP contribution >= 0.6 is 11.6 Å². The van der Waals surface area contributed by atoms with Crippen molar-refractivity contribution in [2.24, 2.45) is 0 Å². The van der Waals surface area contributed by atoms with E-state index in [2.05, 4.69) is 25.6 Å². The number of urea groups is 2. The third kappa shape index (κ3) is 7.70. The Morgan fingerprint density at radius 1 is 0.850 bits per heavy atom. The van der Waals surface area contributed by atoms with Crippen molar-refractivity contribution in [3.8, 4) is 5.75 Å². The first-order valence-corrected chi connectivity index (χ1v) is 14.7. The minimum atomic E-state index is -3.43. The van der Waals surface area contributed by atoms with Crippen LogP contribution in [0.3, 0.4) is 0 Å². The Hall–Kier alpha value is -4.16. The second kappa shape index (κ2) is 12.3. The number of benzene rings is 3. The molecule has 11 nitrogen and oxygen atoms in total. The fraction of sp³-hybridized carbons (Fsp3) is 0.259. The number of carbonyl (C=O) groups is 2. The van der Waals surface area contributed by atoms with Crippen LogP contribution in [0.5, 0.6) is 5.75 Å². The summed E-state index contributed by atoms with van der Waals surface area (Å²) in [7, 11) is -1.88. The van der Waals surface area contributed by atoms with Crippen molar-refractivity contribution in [3.63, 3.8) is 0 Å². The molecule has 4 N–H and O–H groups in total. The summed E-state index contributed by atoms with van der Waals surface area (Å²) in [6, 6.07) is 16.9. The number of carbonyl (C=O) groups excluding carboxylic acids is 2. The zero-order valence-corrected chi connectivity index (χ0v) is 23.9. The van der Waals surface area contributed by atoms with Gasteiger partial charge < -0.3 is 30.5 Å². The highest BCUT2D eigenvalue weighted by Gasteiger charge is 2.22. The molecular formula is C27H31ClN6O5S. The Morgan fingerprint density at radius 3 is 2.15 bits per heavy atom. The number of anilines is 5. The van der Waals surface area contributed by atoms with E-state index in [1.54, 1.807) is 24.1 Å². The van der Waals surface area contributed by atoms with Gasteiger partial charge in [-0.15, -0.1) is 0 Å². The number of piperazine rings is 1. The van der Waals surface area contributed by atoms with E-state index in [0.717, 1.165) is 17.5 Å². The van der Waals surface area contributed by atoms with Crippen LogP contribution in [0.15, 0.2) is 60.7 Å². The van der Waals surface area contributed by atoms with Crippen LogP contribution in [0.2, 0.25) is 5.02 Å². The minimum Gasteiger partial charge on any atom is -0.495 e. The maximum absolute atomic E-state index is 12.8. The Kier molecular flexibility index (Phi) is 8.90. The maximum Gasteiger partial charge on any atom is 0.323 e. The number of nitrogens with zero attached hydrogens (tertiary/aromatic N) is 2. The third-order valence-corrected chi connectivity index (χ3v) is 7.09. The molecule has 3 aromatic rings. The zero-order valence-electron chi connectivity index (χ0n) is 22.3. The molecule has 4 rings (SSSR count). The number of rotatable bonds is 7. The van der Waals surface area contributed by atoms with E-state index in [-0.39, 0.29) is 17.1 Å². The van der Waals surface area contributed by atoms with Gasteiger partial charge in [0, 0.05) is 37.6 Å². The lowest BCUT2D eigenvalue weighted by molar-refractivity contribution is 0.208. The minimum absolute atomic E-state index is 0.223. The number of ether oxygens (including phenoxy) is 1. The summed E-state index contributed by atoms with van der Waals surface area (Å²) in [5, 5.41) is 8.64. The summed E-state index contributed by atoms with van der Waals surface area (Å²) < 4.78 is 30.5. The average Bonchev–Trinajstić information content (AvgIpc) is 2.90. The first-order valence-electron chi connectivity index (χ1n) is 12.4. The molecule has 0 spiro atoms. The van der Waals surface area contributed by atoms with Crippen molar-refractivity contribution in [2.45, 2.75) is 6.92 Å². The standard InChI is InChI=1S/C27H31ClN6O5S/c1-18-4-11-25(39-2)24(16-18)30-26(35)29-19-5-8-21(9-6-19)33-12-14-34(15-13-33)27(36)31-23-10-7-20(17-22(23)28)32-40(3,37)38/h4-11,16-17,32H,12-15H2,1-3H3,(H,31,36)(H2,29,30,35). The summed E-state index contributed by atoms with van der Waals surface area (Å²) in [5.41, 5.74) is 3.90. The lowest BCUT2D eigenvalue weighted by atomic mass is 10.2. The number of hydrogen-bond acceptors (Lipinski definition) is 6. The lowest BCUT2D eigenvalue weighted by Crippen LogP contribution is -2.50. The molecule has 13 heteroatoms. The SMILES string of the molecule is COc1ccc(C)cc1NC(=O)Nc1ccc(N2CCN(C(=O)Nc3ccc(NS(C)(=O)=O)cc3Cl)CC2)cc1. The largest absolute Gasteiger partial charge is 0.495 e. The van der Waals surface area contributed by atoms with Gasteiger partial charge in [-0.05, 0) is 67.1 Å². The number of methoxy groups -OCH3 is 1. The molecule has 1 heterocycles. The van der Waals surface area contributed by atoms with Gasteiger partial charge in [0.1, 0.15) is 5.75 Å². The van der Waals surface area contributed by atoms with E-state index >= 15 is 0 Å². The molecule has 1 fully saturated rings. The first kappa shape index (κ1) is 28.8. The molecule has 0 saturated carbocycles. The Bertz CT molecular complexity index is 1490. The summed E-state index contributed by atoms with van der Waals surface area (Å²) >= 11 is 6.24. The predicted molar refractivity (Wildman–Crippen MR) is 160 cm³/mol. The van der Waals surface area contributed by atoms with Gasteiger partial charge in [-0.1, -0.05) is 17.7 Å². The maximum atomic E-state index is 12.8. The highest BCUT2D eigenvalue weighted by atomic mass is 35.5. The van der Waals surface area contributed by atoms with Crippen molar-refractivity contribution in [3.05, 3.63) is 71.2 Å². The molecule has 1 aliphatic rings. The molecule has 1 saturated heterocycles. The summed E-state index contributed by atoms with van der Waals surface area (Å²) in [6.07, 6.45) is 1.05. The predicted octanol–water partition coefficient (Wildman–Crippen LogP) is 5.03. The van der Waals surface area contributed by atoms with Gasteiger partial charge in [0.2, 0.25) is 10.0 Å². The first-order chi connectivity index (χ1) is 19.0. The highest BCUT2D eigenvalue weighted by Crippen LogP contribution is 2.28. The molecule has 212 valence electrons. The number of aryl methyl sites for hydroxylation is 1. The number of nitrogens with one attached hydrogen (secondary N) is 4. The van der Waals surface area contributed by atoms with Gasteiger partial charge in [0.25, 0.3) is 0 Å². The quantitative estimate of drug-likeness (QED) is 0.307. The normalized spacial score (nSPS) is 13.4. The van der Waals surface area contributed by atoms with E-state index in [1.165, 1.54) is 12.1 Å². The molecule has 4 amide bonds. The fourth-order valence-electron chi connectivity index (χ4n) is 4.22. The molecule has 0 aliphatic carbocycles. The van der Waals surface area contributed by atoms with Gasteiger partial charge in [-0.25, -0.2) is 18.0 Å². The molecule has 0 atom stereocenters. The average molecular weight is 587 g/mol. The van der Waals surface area contributed by atoms with Gasteiger partial charge in [-0.2, -0.15) is 0 Å². The molecule has 0 unspecified atom stereocenters. The molecule has 0 bridgehead atoms. The topological polar surface area (TPSA) is 132 Å². The molecule has 0 radical (unpaired) electrons. The Labute approximate surface area is 238 Å². The van der Waals surface area contributed by atoms with Crippen LogP contribution in [0.1, 0.15) is 5.56 Å². The van der Waals surface area contributed by atoms with Crippen molar-refractivity contribution < 1.29 is 22.7 Å². The molecule has 1 aliphatic heterocycles. The Balaban J connectivity index is 1.27. The number of amides is 4. The molecular weight excluding hydrogens is 556 g/mol. The number of sulfonamides is 1. The van der Waals surface area contributed by atoms with Crippen molar-refractivity contribution in [1.29, 1.82) is 0 Å². The summed E-state index contributed by atoms with van der Waals surface area (Å²) in [6.45, 7) is 4.18. The lowest BCUT2D eigenvalue weighted by Gasteiger charge is -2.36. The van der Waals surface area contributed by atoms with Gasteiger partial charge in [0.05, 0.1) is 35.5 Å². The molecule has 40 heavy (non-hydrogen) atoms. The smallest absolute Gasteiger partial charge is 0.323 e. The van der Waals surface area contributed by atoms with Crippen LogP contribution in [-0.4, -0.2) is 64.9 Å². The van der Waals surface area contributed by atoms with Crippen LogP contribution in [-0.2, 0) is 10.0 Å². The van der Waals surface area contributed by atoms with Crippen molar-refractivity contribution in [2.75, 3.05) is 65.1 Å². The van der Waals surface area contributed by atoms with Crippen molar-refractivity contribution >= 4 is 62.1 Å². The Morgan fingerprint density at radius 2 is 1.52 bits per heavy atom. The molecule has 3 aromatic carbocycles. The summed E-state index contributed by atoms with van der Waals surface area (Å²) in [4.78, 5) is 29.1. The van der Waals surface area contributed by atoms with Crippen LogP contribution in [0.25, 0.3) is 0 Å². The highest BCUT2D eigenvalue weighted by molar-refractivity contribution is 7.92. The number of halogens is 1. The van der Waals surface area contributed by atoms with E-state index in [4.69, 9.17) is 16.3 Å². The number of hydrogen-bond donors (Lipinski definition) is 4. The van der Waals surface area contributed by atoms with Gasteiger partial charge >= 0.3 is 12.1 Å². The molecule has 0 aromatic heterocycles.